The lowest BCUT2D eigenvalue weighted by Crippen LogP contribution is -2.53. The van der Waals surface area contributed by atoms with Crippen LogP contribution in [0.25, 0.3) is 44.2 Å². The number of carbonyl (C=O) groups is 4. The molecule has 65 heavy (non-hydrogen) atoms. The highest BCUT2D eigenvalue weighted by molar-refractivity contribution is 6.07. The van der Waals surface area contributed by atoms with Gasteiger partial charge in [-0.15, -0.1) is 0 Å². The molecule has 4 amide bonds. The number of imidazole rings is 2. The van der Waals surface area contributed by atoms with Crippen LogP contribution >= 0.6 is 0 Å². The number of H-pyrrole nitrogens is 2. The van der Waals surface area contributed by atoms with Gasteiger partial charge in [0, 0.05) is 34.3 Å². The summed E-state index contributed by atoms with van der Waals surface area (Å²) in [6.07, 6.45) is 3.34. The summed E-state index contributed by atoms with van der Waals surface area (Å²) in [6.45, 7) is 16.7. The molecule has 15 nitrogen and oxygen atoms in total. The maximum absolute atomic E-state index is 14.2. The number of fused-ring (bicyclic) bond motifs is 6. The van der Waals surface area contributed by atoms with Gasteiger partial charge in [0.05, 0.1) is 43.0 Å². The van der Waals surface area contributed by atoms with Crippen molar-refractivity contribution in [1.82, 2.24) is 40.4 Å². The molecule has 8 rings (SSSR count). The number of aromatic nitrogens is 4. The van der Waals surface area contributed by atoms with Crippen molar-refractivity contribution in [3.05, 3.63) is 65.4 Å². The number of rotatable bonds is 12. The van der Waals surface area contributed by atoms with Gasteiger partial charge in [0.1, 0.15) is 36.1 Å². The molecule has 2 aromatic heterocycles. The summed E-state index contributed by atoms with van der Waals surface area (Å²) < 4.78 is 16.3. The third-order valence-electron chi connectivity index (χ3n) is 14.3. The molecular formula is C50H64N8O7. The molecule has 3 aliphatic rings. The Kier molecular flexibility index (Phi) is 12.9. The lowest BCUT2D eigenvalue weighted by atomic mass is 9.91. The smallest absolute Gasteiger partial charge is 0.407 e. The Morgan fingerprint density at radius 1 is 0.754 bits per heavy atom. The maximum atomic E-state index is 14.2. The van der Waals surface area contributed by atoms with Gasteiger partial charge >= 0.3 is 12.2 Å². The molecule has 0 saturated carbocycles. The quantitative estimate of drug-likeness (QED) is 0.0948. The van der Waals surface area contributed by atoms with Gasteiger partial charge in [-0.2, -0.15) is 0 Å². The number of ether oxygens (including phenoxy) is 3. The van der Waals surface area contributed by atoms with Crippen LogP contribution < -0.4 is 15.4 Å². The second-order valence-electron chi connectivity index (χ2n) is 18.7. The van der Waals surface area contributed by atoms with E-state index < -0.39 is 24.3 Å². The molecule has 3 aliphatic heterocycles. The highest BCUT2D eigenvalue weighted by Crippen LogP contribution is 2.45. The lowest BCUT2D eigenvalue weighted by molar-refractivity contribution is -0.138. The number of hydrogen-bond donors (Lipinski definition) is 4. The number of methoxy groups -OCH3 is 2. The summed E-state index contributed by atoms with van der Waals surface area (Å²) in [5.74, 6) is 1.94. The van der Waals surface area contributed by atoms with Crippen LogP contribution in [0.2, 0.25) is 0 Å². The first-order valence-electron chi connectivity index (χ1n) is 23.3. The third-order valence-corrected chi connectivity index (χ3v) is 14.3. The molecule has 3 aromatic carbocycles. The fourth-order valence-corrected chi connectivity index (χ4v) is 10.1. The molecule has 0 aliphatic carbocycles. The van der Waals surface area contributed by atoms with Crippen LogP contribution in [-0.2, 0) is 25.7 Å². The normalized spacial score (nSPS) is 21.1. The van der Waals surface area contributed by atoms with Gasteiger partial charge in [0.15, 0.2) is 0 Å². The zero-order valence-electron chi connectivity index (χ0n) is 39.3. The van der Waals surface area contributed by atoms with Gasteiger partial charge in [-0.25, -0.2) is 19.6 Å². The number of carbonyl (C=O) groups excluding carboxylic acids is 4. The Hall–Kier alpha value is -6.12. The molecular weight excluding hydrogens is 825 g/mol. The lowest BCUT2D eigenvalue weighted by Gasteiger charge is -2.33. The van der Waals surface area contributed by atoms with Crippen molar-refractivity contribution in [1.29, 1.82) is 0 Å². The zero-order chi connectivity index (χ0) is 46.4. The highest BCUT2D eigenvalue weighted by Gasteiger charge is 2.43. The number of likely N-dealkylation sites (tertiary alicyclic amines) is 2. The molecule has 4 N–H and O–H groups in total. The van der Waals surface area contributed by atoms with Gasteiger partial charge in [-0.1, -0.05) is 72.6 Å². The molecule has 0 radical (unpaired) electrons. The minimum Gasteiger partial charge on any atom is -0.488 e. The predicted molar refractivity (Wildman–Crippen MR) is 249 cm³/mol. The number of nitrogens with zero attached hydrogens (tertiary/aromatic N) is 4. The molecule has 2 fully saturated rings. The summed E-state index contributed by atoms with van der Waals surface area (Å²) >= 11 is 0. The second-order valence-corrected chi connectivity index (χ2v) is 18.7. The molecule has 8 atom stereocenters. The van der Waals surface area contributed by atoms with Crippen molar-refractivity contribution in [2.45, 2.75) is 143 Å². The van der Waals surface area contributed by atoms with E-state index in [-0.39, 0.29) is 53.7 Å². The molecule has 0 unspecified atom stereocenters. The Labute approximate surface area is 380 Å². The van der Waals surface area contributed by atoms with Crippen LogP contribution in [0.1, 0.15) is 135 Å². The molecule has 5 heterocycles. The average molecular weight is 889 g/mol. The standard InChI is InChI=1S/C50H64N8O7/c1-11-26(5)41(55-49(61)63-9)47(59)57-28(7)13-19-37(57)45-51-36-18-16-30-22-35-33-17-15-31(21-32(33)24-65-39(35)23-34(30)44(36)54-45)43-40(25(3)4)52-46(53-43)38-20-14-29(8)58(38)48(60)42(27(6)12-2)56-50(62)64-10/h15-18,21-23,25-29,37-38,41-42H,11-14,19-20,24H2,1-10H3,(H,51,54)(H,52,53)(H,55,61)(H,56,62)/t26-,27-,28-,29-,37-,38-,41-,42-/m0/s1. The summed E-state index contributed by atoms with van der Waals surface area (Å²) in [7, 11) is 2.62. The minimum absolute atomic E-state index is 0.0273. The van der Waals surface area contributed by atoms with Crippen molar-refractivity contribution in [3.63, 3.8) is 0 Å². The van der Waals surface area contributed by atoms with E-state index in [0.29, 0.717) is 6.61 Å². The van der Waals surface area contributed by atoms with E-state index in [1.54, 1.807) is 0 Å². The van der Waals surface area contributed by atoms with Crippen LogP contribution in [-0.4, -0.2) is 92.1 Å². The van der Waals surface area contributed by atoms with E-state index in [0.717, 1.165) is 111 Å². The largest absolute Gasteiger partial charge is 0.488 e. The van der Waals surface area contributed by atoms with E-state index in [4.69, 9.17) is 24.2 Å². The van der Waals surface area contributed by atoms with Crippen molar-refractivity contribution in [3.8, 4) is 28.1 Å². The topological polar surface area (TPSA) is 184 Å². The molecule has 0 spiro atoms. The number of hydrogen-bond acceptors (Lipinski definition) is 9. The van der Waals surface area contributed by atoms with E-state index in [1.165, 1.54) is 14.2 Å². The summed E-state index contributed by atoms with van der Waals surface area (Å²) in [5, 5.41) is 7.57. The van der Waals surface area contributed by atoms with Crippen molar-refractivity contribution in [2.24, 2.45) is 11.8 Å². The van der Waals surface area contributed by atoms with E-state index in [1.807, 2.05) is 50.5 Å². The van der Waals surface area contributed by atoms with E-state index in [2.05, 4.69) is 77.8 Å². The summed E-state index contributed by atoms with van der Waals surface area (Å²) in [5.41, 5.74) is 7.62. The minimum atomic E-state index is -0.715. The molecule has 5 aromatic rings. The molecule has 0 bridgehead atoms. The SMILES string of the molecule is CC[C@H](C)[C@H](NC(=O)OC)C(=O)N1[C@@H](C)CC[C@H]1c1nc(-c2ccc3c(c2)COc2cc4c(ccc5[nH]c([C@@H]6CC[C@H](C)N6C(=O)[C@@H](NC(=O)OC)[C@@H](C)CC)nc54)cc2-3)c(C(C)C)[nH]1. The van der Waals surface area contributed by atoms with Gasteiger partial charge in [-0.3, -0.25) is 9.59 Å². The molecule has 346 valence electrons. The van der Waals surface area contributed by atoms with Gasteiger partial charge in [-0.05, 0) is 98.1 Å². The zero-order valence-corrected chi connectivity index (χ0v) is 39.3. The van der Waals surface area contributed by atoms with Crippen LogP contribution in [0.15, 0.2) is 42.5 Å². The fraction of sp³-hybridized carbons (Fsp3) is 0.520. The second kappa shape index (κ2) is 18.4. The van der Waals surface area contributed by atoms with Gasteiger partial charge < -0.3 is 44.6 Å². The van der Waals surface area contributed by atoms with Crippen LogP contribution in [0.5, 0.6) is 5.75 Å². The first-order valence-corrected chi connectivity index (χ1v) is 23.3. The maximum Gasteiger partial charge on any atom is 0.407 e. The first kappa shape index (κ1) is 45.4. The number of amides is 4. The Morgan fingerprint density at radius 2 is 1.34 bits per heavy atom. The third kappa shape index (κ3) is 8.38. The van der Waals surface area contributed by atoms with Crippen LogP contribution in [0, 0.1) is 11.8 Å². The van der Waals surface area contributed by atoms with Crippen molar-refractivity contribution >= 4 is 45.8 Å². The van der Waals surface area contributed by atoms with Crippen LogP contribution in [0.4, 0.5) is 9.59 Å². The van der Waals surface area contributed by atoms with E-state index in [9.17, 15) is 19.2 Å². The number of benzene rings is 3. The Morgan fingerprint density at radius 3 is 1.89 bits per heavy atom. The fourth-order valence-electron chi connectivity index (χ4n) is 10.1. The van der Waals surface area contributed by atoms with Crippen molar-refractivity contribution < 1.29 is 33.4 Å². The van der Waals surface area contributed by atoms with E-state index >= 15 is 0 Å². The predicted octanol–water partition coefficient (Wildman–Crippen LogP) is 9.43. The summed E-state index contributed by atoms with van der Waals surface area (Å²) in [6, 6.07) is 12.8. The molecule has 2 saturated heterocycles. The average Bonchev–Trinajstić information content (AvgIpc) is 4.12. The van der Waals surface area contributed by atoms with Gasteiger partial charge in [0.2, 0.25) is 11.8 Å². The number of aromatic amines is 2. The Balaban J connectivity index is 1.09. The van der Waals surface area contributed by atoms with Crippen molar-refractivity contribution in [2.75, 3.05) is 14.2 Å². The number of alkyl carbamates (subject to hydrolysis) is 2. The number of nitrogens with one attached hydrogen (secondary N) is 4. The monoisotopic (exact) mass is 888 g/mol. The first-order chi connectivity index (χ1) is 31.2. The molecule has 15 heteroatoms. The van der Waals surface area contributed by atoms with Crippen LogP contribution in [0.3, 0.4) is 0 Å². The van der Waals surface area contributed by atoms with Gasteiger partial charge in [0.25, 0.3) is 0 Å². The Bertz CT molecular complexity index is 2620. The summed E-state index contributed by atoms with van der Waals surface area (Å²) in [4.78, 5) is 74.4. The highest BCUT2D eigenvalue weighted by atomic mass is 16.5.